The van der Waals surface area contributed by atoms with E-state index in [4.69, 9.17) is 21.1 Å². The van der Waals surface area contributed by atoms with Gasteiger partial charge >= 0.3 is 5.97 Å². The quantitative estimate of drug-likeness (QED) is 0.455. The van der Waals surface area contributed by atoms with Crippen molar-refractivity contribution in [2.24, 2.45) is 0 Å². The van der Waals surface area contributed by atoms with Crippen molar-refractivity contribution < 1.29 is 19.4 Å². The van der Waals surface area contributed by atoms with Gasteiger partial charge in [-0.1, -0.05) is 17.7 Å². The summed E-state index contributed by atoms with van der Waals surface area (Å²) < 4.78 is 15.0. The van der Waals surface area contributed by atoms with Crippen LogP contribution in [0.5, 0.6) is 5.75 Å². The first-order chi connectivity index (χ1) is 14.9. The third-order valence-electron chi connectivity index (χ3n) is 5.93. The Bertz CT molecular complexity index is 1040. The predicted octanol–water partition coefficient (Wildman–Crippen LogP) is 5.85. The number of aromatic carboxylic acids is 1. The number of hydrogen-bond donors (Lipinski definition) is 2. The number of carbonyl (C=O) groups is 1. The van der Waals surface area contributed by atoms with Gasteiger partial charge in [0.25, 0.3) is 0 Å². The van der Waals surface area contributed by atoms with Crippen LogP contribution < -0.4 is 9.46 Å². The highest BCUT2D eigenvalue weighted by Gasteiger charge is 2.38. The number of ether oxygens (including phenoxy) is 2. The number of carboxylic acids is 1. The molecule has 0 saturated heterocycles. The van der Waals surface area contributed by atoms with Crippen LogP contribution in [0.25, 0.3) is 0 Å². The van der Waals surface area contributed by atoms with Gasteiger partial charge in [0.2, 0.25) is 0 Å². The molecule has 2 fully saturated rings. The summed E-state index contributed by atoms with van der Waals surface area (Å²) in [7, 11) is 1.69. The van der Waals surface area contributed by atoms with Gasteiger partial charge in [0.15, 0.2) is 0 Å². The predicted molar refractivity (Wildman–Crippen MR) is 120 cm³/mol. The van der Waals surface area contributed by atoms with Gasteiger partial charge in [0.05, 0.1) is 21.8 Å². The molecule has 4 rings (SSSR count). The minimum absolute atomic E-state index is 0.242. The fourth-order valence-electron chi connectivity index (χ4n) is 3.62. The summed E-state index contributed by atoms with van der Waals surface area (Å²) in [5, 5.41) is 19.1. The molecule has 2 saturated carbocycles. The fraction of sp³-hybridized carbons (Fsp3) is 0.391. The molecular weight excluding hydrogens is 436 g/mol. The van der Waals surface area contributed by atoms with Crippen LogP contribution in [0.15, 0.2) is 35.2 Å². The lowest BCUT2D eigenvalue weighted by atomic mass is 9.81. The summed E-state index contributed by atoms with van der Waals surface area (Å²) in [6.07, 6.45) is 5.20. The van der Waals surface area contributed by atoms with E-state index in [0.717, 1.165) is 42.6 Å². The maximum atomic E-state index is 11.4. The van der Waals surface area contributed by atoms with Crippen LogP contribution in [-0.2, 0) is 4.74 Å². The molecule has 0 spiro atoms. The van der Waals surface area contributed by atoms with E-state index in [-0.39, 0.29) is 11.2 Å². The first-order valence-electron chi connectivity index (χ1n) is 10.2. The molecule has 0 amide bonds. The molecule has 2 aromatic rings. The van der Waals surface area contributed by atoms with E-state index in [1.807, 2.05) is 6.07 Å². The third-order valence-corrected chi connectivity index (χ3v) is 7.14. The lowest BCUT2D eigenvalue weighted by Crippen LogP contribution is -2.44. The molecule has 2 aliphatic carbocycles. The number of methoxy groups -OCH3 is 1. The number of rotatable bonds is 9. The van der Waals surface area contributed by atoms with E-state index < -0.39 is 5.97 Å². The van der Waals surface area contributed by atoms with Crippen LogP contribution in [0.1, 0.15) is 59.5 Å². The van der Waals surface area contributed by atoms with Crippen molar-refractivity contribution in [2.45, 2.75) is 48.5 Å². The van der Waals surface area contributed by atoms with Crippen molar-refractivity contribution in [1.82, 2.24) is 0 Å². The number of carboxylic acid groups (broad SMARTS) is 1. The van der Waals surface area contributed by atoms with E-state index in [0.29, 0.717) is 34.5 Å². The number of anilines is 1. The Morgan fingerprint density at radius 3 is 2.71 bits per heavy atom. The SMILES string of the molecule is COC1(COc2cc(Cl)c(C#N)cc2NSc2cc(C(=O)O)ccc2C2CC2)CCC1. The van der Waals surface area contributed by atoms with Crippen LogP contribution in [-0.4, -0.2) is 30.4 Å². The van der Waals surface area contributed by atoms with E-state index in [9.17, 15) is 15.2 Å². The molecule has 8 heteroatoms. The largest absolute Gasteiger partial charge is 0.488 e. The van der Waals surface area contributed by atoms with Crippen molar-refractivity contribution in [3.63, 3.8) is 0 Å². The van der Waals surface area contributed by atoms with Gasteiger partial charge in [-0.05, 0) is 73.7 Å². The molecule has 2 N–H and O–H groups in total. The number of halogens is 1. The monoisotopic (exact) mass is 458 g/mol. The Labute approximate surface area is 190 Å². The standard InChI is InChI=1S/C23H23ClN2O4S/c1-29-23(7-2-8-23)13-30-20-11-18(24)16(12-25)9-19(20)26-31-21-10-15(22(27)28)5-6-17(21)14-3-4-14/h5-6,9-11,14,26H,2-4,7-8,13H2,1H3,(H,27,28). The van der Waals surface area contributed by atoms with E-state index in [1.165, 1.54) is 11.9 Å². The van der Waals surface area contributed by atoms with Crippen LogP contribution in [0.3, 0.4) is 0 Å². The van der Waals surface area contributed by atoms with Crippen molar-refractivity contribution in [3.05, 3.63) is 52.0 Å². The van der Waals surface area contributed by atoms with E-state index in [2.05, 4.69) is 10.8 Å². The second-order valence-corrected chi connectivity index (χ2v) is 9.26. The average Bonchev–Trinajstić information content (AvgIpc) is 3.57. The number of nitrogens with one attached hydrogen (secondary N) is 1. The van der Waals surface area contributed by atoms with Gasteiger partial charge in [0, 0.05) is 18.1 Å². The first kappa shape index (κ1) is 21.8. The van der Waals surface area contributed by atoms with Gasteiger partial charge in [-0.25, -0.2) is 4.79 Å². The zero-order valence-corrected chi connectivity index (χ0v) is 18.7. The summed E-state index contributed by atoms with van der Waals surface area (Å²) >= 11 is 7.57. The van der Waals surface area contributed by atoms with E-state index in [1.54, 1.807) is 31.4 Å². The lowest BCUT2D eigenvalue weighted by Gasteiger charge is -2.40. The fourth-order valence-corrected chi connectivity index (χ4v) is 4.74. The highest BCUT2D eigenvalue weighted by atomic mass is 35.5. The lowest BCUT2D eigenvalue weighted by molar-refractivity contribution is -0.0980. The third kappa shape index (κ3) is 4.77. The molecule has 0 radical (unpaired) electrons. The molecule has 2 aliphatic rings. The van der Waals surface area contributed by atoms with E-state index >= 15 is 0 Å². The summed E-state index contributed by atoms with van der Waals surface area (Å²) in [5.41, 5.74) is 2.04. The highest BCUT2D eigenvalue weighted by Crippen LogP contribution is 2.45. The van der Waals surface area contributed by atoms with Crippen LogP contribution in [0.4, 0.5) is 5.69 Å². The normalized spacial score (nSPS) is 16.8. The molecule has 0 aliphatic heterocycles. The second-order valence-electron chi connectivity index (χ2n) is 8.01. The van der Waals surface area contributed by atoms with Gasteiger partial charge < -0.3 is 19.3 Å². The zero-order chi connectivity index (χ0) is 22.0. The number of nitrogens with zero attached hydrogens (tertiary/aromatic N) is 1. The zero-order valence-electron chi connectivity index (χ0n) is 17.1. The van der Waals surface area contributed by atoms with Gasteiger partial charge in [-0.15, -0.1) is 0 Å². The molecule has 31 heavy (non-hydrogen) atoms. The summed E-state index contributed by atoms with van der Waals surface area (Å²) in [5.74, 6) is 0.0296. The van der Waals surface area contributed by atoms with Crippen molar-refractivity contribution >= 4 is 35.2 Å². The number of hydrogen-bond acceptors (Lipinski definition) is 6. The molecule has 162 valence electrons. The second kappa shape index (κ2) is 8.99. The smallest absolute Gasteiger partial charge is 0.335 e. The molecule has 0 aromatic heterocycles. The van der Waals surface area contributed by atoms with Crippen molar-refractivity contribution in [1.29, 1.82) is 5.26 Å². The van der Waals surface area contributed by atoms with Crippen LogP contribution in [0.2, 0.25) is 5.02 Å². The molecular formula is C23H23ClN2O4S. The average molecular weight is 459 g/mol. The minimum atomic E-state index is -0.961. The Balaban J connectivity index is 1.58. The maximum absolute atomic E-state index is 11.4. The Morgan fingerprint density at radius 2 is 2.13 bits per heavy atom. The Morgan fingerprint density at radius 1 is 1.35 bits per heavy atom. The molecule has 0 heterocycles. The molecule has 0 atom stereocenters. The summed E-state index contributed by atoms with van der Waals surface area (Å²) in [4.78, 5) is 12.3. The molecule has 0 unspecified atom stereocenters. The first-order valence-corrected chi connectivity index (χ1v) is 11.4. The highest BCUT2D eigenvalue weighted by molar-refractivity contribution is 8.00. The Hall–Kier alpha value is -2.40. The number of benzene rings is 2. The molecule has 2 aromatic carbocycles. The van der Waals surface area contributed by atoms with Gasteiger partial charge in [0.1, 0.15) is 24.0 Å². The van der Waals surface area contributed by atoms with Crippen LogP contribution in [0, 0.1) is 11.3 Å². The van der Waals surface area contributed by atoms with Crippen molar-refractivity contribution in [2.75, 3.05) is 18.4 Å². The number of nitriles is 1. The summed E-state index contributed by atoms with van der Waals surface area (Å²) in [6.45, 7) is 0.396. The minimum Gasteiger partial charge on any atom is -0.488 e. The maximum Gasteiger partial charge on any atom is 0.335 e. The Kier molecular flexibility index (Phi) is 6.33. The summed E-state index contributed by atoms with van der Waals surface area (Å²) in [6, 6.07) is 10.6. The van der Waals surface area contributed by atoms with Gasteiger partial charge in [-0.2, -0.15) is 5.26 Å². The molecule has 0 bridgehead atoms. The molecule has 6 nitrogen and oxygen atoms in total. The van der Waals surface area contributed by atoms with Gasteiger partial charge in [-0.3, -0.25) is 0 Å². The topological polar surface area (TPSA) is 91.6 Å². The van der Waals surface area contributed by atoms with Crippen molar-refractivity contribution in [3.8, 4) is 11.8 Å². The van der Waals surface area contributed by atoms with Crippen LogP contribution >= 0.6 is 23.5 Å².